The number of carbonyl (C=O) groups excluding carboxylic acids is 1. The lowest BCUT2D eigenvalue weighted by Crippen LogP contribution is -2.14. The van der Waals surface area contributed by atoms with Crippen LogP contribution < -0.4 is 20.5 Å². The first-order valence-corrected chi connectivity index (χ1v) is 6.37. The number of rotatable bonds is 3. The molecule has 1 aliphatic heterocycles. The highest BCUT2D eigenvalue weighted by Crippen LogP contribution is 2.36. The third-order valence-electron chi connectivity index (χ3n) is 3.18. The van der Waals surface area contributed by atoms with Crippen LogP contribution in [0.15, 0.2) is 36.4 Å². The standard InChI is InChI=1S/C15H14N2O4/c16-12-6-14-13(20-8-21-14)5-11(12)15(19)17-10-3-1-9(7-18)2-4-10/h1-6,18H,7-8,16H2,(H,17,19). The molecule has 1 heterocycles. The average Bonchev–Trinajstić information content (AvgIpc) is 2.94. The zero-order valence-corrected chi connectivity index (χ0v) is 11.1. The fourth-order valence-electron chi connectivity index (χ4n) is 2.05. The van der Waals surface area contributed by atoms with E-state index in [1.807, 2.05) is 0 Å². The number of carbonyl (C=O) groups is 1. The molecule has 3 rings (SSSR count). The molecule has 6 heteroatoms. The maximum atomic E-state index is 12.3. The monoisotopic (exact) mass is 286 g/mol. The number of nitrogen functional groups attached to an aromatic ring is 1. The Morgan fingerprint density at radius 3 is 2.52 bits per heavy atom. The molecule has 0 unspecified atom stereocenters. The van der Waals surface area contributed by atoms with Crippen LogP contribution in [0.2, 0.25) is 0 Å². The third-order valence-corrected chi connectivity index (χ3v) is 3.18. The van der Waals surface area contributed by atoms with Crippen LogP contribution >= 0.6 is 0 Å². The predicted octanol–water partition coefficient (Wildman–Crippen LogP) is 1.74. The highest BCUT2D eigenvalue weighted by molar-refractivity contribution is 6.08. The maximum absolute atomic E-state index is 12.3. The minimum absolute atomic E-state index is 0.0384. The molecule has 4 N–H and O–H groups in total. The van der Waals surface area contributed by atoms with Crippen LogP contribution in [0.5, 0.6) is 11.5 Å². The van der Waals surface area contributed by atoms with Gasteiger partial charge in [0.25, 0.3) is 5.91 Å². The molecule has 1 aliphatic rings. The van der Waals surface area contributed by atoms with Crippen molar-refractivity contribution in [1.82, 2.24) is 0 Å². The van der Waals surface area contributed by atoms with Crippen LogP contribution in [0.4, 0.5) is 11.4 Å². The van der Waals surface area contributed by atoms with Crippen LogP contribution in [0.1, 0.15) is 15.9 Å². The lowest BCUT2D eigenvalue weighted by atomic mass is 10.1. The lowest BCUT2D eigenvalue weighted by molar-refractivity contribution is 0.102. The summed E-state index contributed by atoms with van der Waals surface area (Å²) in [4.78, 5) is 12.3. The molecule has 2 aromatic carbocycles. The van der Waals surface area contributed by atoms with Crippen LogP contribution in [-0.4, -0.2) is 17.8 Å². The average molecular weight is 286 g/mol. The number of amides is 1. The van der Waals surface area contributed by atoms with Gasteiger partial charge in [-0.3, -0.25) is 4.79 Å². The van der Waals surface area contributed by atoms with Gasteiger partial charge in [0.2, 0.25) is 6.79 Å². The lowest BCUT2D eigenvalue weighted by Gasteiger charge is -2.09. The van der Waals surface area contributed by atoms with E-state index in [0.717, 1.165) is 5.56 Å². The number of hydrogen-bond donors (Lipinski definition) is 3. The van der Waals surface area contributed by atoms with Crippen molar-refractivity contribution in [2.24, 2.45) is 0 Å². The molecule has 0 aliphatic carbocycles. The van der Waals surface area contributed by atoms with Gasteiger partial charge >= 0.3 is 0 Å². The maximum Gasteiger partial charge on any atom is 0.257 e. The first kappa shape index (κ1) is 13.3. The van der Waals surface area contributed by atoms with E-state index >= 15 is 0 Å². The first-order chi connectivity index (χ1) is 10.2. The number of fused-ring (bicyclic) bond motifs is 1. The Morgan fingerprint density at radius 2 is 1.86 bits per heavy atom. The molecule has 2 aromatic rings. The highest BCUT2D eigenvalue weighted by atomic mass is 16.7. The number of benzene rings is 2. The van der Waals surface area contributed by atoms with Crippen LogP contribution in [0, 0.1) is 0 Å². The zero-order chi connectivity index (χ0) is 14.8. The number of anilines is 2. The molecule has 21 heavy (non-hydrogen) atoms. The molecule has 0 radical (unpaired) electrons. The fraction of sp³-hybridized carbons (Fsp3) is 0.133. The third kappa shape index (κ3) is 2.61. The van der Waals surface area contributed by atoms with E-state index in [9.17, 15) is 4.79 Å². The van der Waals surface area contributed by atoms with Crippen molar-refractivity contribution in [3.05, 3.63) is 47.5 Å². The van der Waals surface area contributed by atoms with Crippen molar-refractivity contribution in [3.8, 4) is 11.5 Å². The summed E-state index contributed by atoms with van der Waals surface area (Å²) in [6.07, 6.45) is 0. The van der Waals surface area contributed by atoms with Crippen molar-refractivity contribution in [2.75, 3.05) is 17.8 Å². The molecule has 108 valence electrons. The summed E-state index contributed by atoms with van der Waals surface area (Å²) in [7, 11) is 0. The second-order valence-corrected chi connectivity index (χ2v) is 4.60. The summed E-state index contributed by atoms with van der Waals surface area (Å²) >= 11 is 0. The highest BCUT2D eigenvalue weighted by Gasteiger charge is 2.19. The van der Waals surface area contributed by atoms with Crippen molar-refractivity contribution < 1.29 is 19.4 Å². The fourth-order valence-corrected chi connectivity index (χ4v) is 2.05. The van der Waals surface area contributed by atoms with E-state index in [0.29, 0.717) is 28.4 Å². The van der Waals surface area contributed by atoms with Gasteiger partial charge in [0.15, 0.2) is 11.5 Å². The van der Waals surface area contributed by atoms with Crippen molar-refractivity contribution in [1.29, 1.82) is 0 Å². The Kier molecular flexibility index (Phi) is 3.37. The van der Waals surface area contributed by atoms with E-state index in [-0.39, 0.29) is 19.3 Å². The molecular weight excluding hydrogens is 272 g/mol. The predicted molar refractivity (Wildman–Crippen MR) is 77.3 cm³/mol. The molecular formula is C15H14N2O4. The van der Waals surface area contributed by atoms with Gasteiger partial charge in [-0.1, -0.05) is 12.1 Å². The van der Waals surface area contributed by atoms with E-state index in [2.05, 4.69) is 5.32 Å². The van der Waals surface area contributed by atoms with Gasteiger partial charge in [0, 0.05) is 17.4 Å². The Hall–Kier alpha value is -2.73. The number of aliphatic hydroxyl groups is 1. The van der Waals surface area contributed by atoms with E-state index in [1.165, 1.54) is 0 Å². The van der Waals surface area contributed by atoms with Crippen LogP contribution in [0.25, 0.3) is 0 Å². The molecule has 0 spiro atoms. The Morgan fingerprint density at radius 1 is 1.19 bits per heavy atom. The summed E-state index contributed by atoms with van der Waals surface area (Å²) in [5.41, 5.74) is 7.91. The van der Waals surface area contributed by atoms with Gasteiger partial charge in [0.05, 0.1) is 12.2 Å². The SMILES string of the molecule is Nc1cc2c(cc1C(=O)Nc1ccc(CO)cc1)OCO2. The number of hydrogen-bond acceptors (Lipinski definition) is 5. The smallest absolute Gasteiger partial charge is 0.257 e. The molecule has 6 nitrogen and oxygen atoms in total. The van der Waals surface area contributed by atoms with Gasteiger partial charge in [-0.25, -0.2) is 0 Å². The van der Waals surface area contributed by atoms with Crippen LogP contribution in [-0.2, 0) is 6.61 Å². The van der Waals surface area contributed by atoms with E-state index in [4.69, 9.17) is 20.3 Å². The Bertz CT molecular complexity index is 683. The Labute approximate surface area is 121 Å². The first-order valence-electron chi connectivity index (χ1n) is 6.37. The second-order valence-electron chi connectivity index (χ2n) is 4.60. The van der Waals surface area contributed by atoms with Crippen LogP contribution in [0.3, 0.4) is 0 Å². The van der Waals surface area contributed by atoms with Gasteiger partial charge in [-0.15, -0.1) is 0 Å². The molecule has 0 fully saturated rings. The van der Waals surface area contributed by atoms with Gasteiger partial charge < -0.3 is 25.6 Å². The summed E-state index contributed by atoms with van der Waals surface area (Å²) in [6, 6.07) is 10.0. The largest absolute Gasteiger partial charge is 0.454 e. The van der Waals surface area contributed by atoms with Crippen molar-refractivity contribution in [3.63, 3.8) is 0 Å². The van der Waals surface area contributed by atoms with Gasteiger partial charge in [-0.05, 0) is 23.8 Å². The topological polar surface area (TPSA) is 93.8 Å². The zero-order valence-electron chi connectivity index (χ0n) is 11.1. The van der Waals surface area contributed by atoms with E-state index < -0.39 is 0 Å². The van der Waals surface area contributed by atoms with Gasteiger partial charge in [0.1, 0.15) is 0 Å². The molecule has 0 bridgehead atoms. The molecule has 1 amide bonds. The summed E-state index contributed by atoms with van der Waals surface area (Å²) in [5, 5.41) is 11.7. The number of ether oxygens (including phenoxy) is 2. The molecule has 0 saturated carbocycles. The normalized spacial score (nSPS) is 12.2. The second kappa shape index (κ2) is 5.34. The number of aliphatic hydroxyl groups excluding tert-OH is 1. The quantitative estimate of drug-likeness (QED) is 0.747. The Balaban J connectivity index is 1.81. The molecule has 0 aromatic heterocycles. The molecule has 0 atom stereocenters. The minimum Gasteiger partial charge on any atom is -0.454 e. The summed E-state index contributed by atoms with van der Waals surface area (Å²) < 4.78 is 10.4. The van der Waals surface area contributed by atoms with Crippen molar-refractivity contribution in [2.45, 2.75) is 6.61 Å². The molecule has 0 saturated heterocycles. The van der Waals surface area contributed by atoms with E-state index in [1.54, 1.807) is 36.4 Å². The number of nitrogens with one attached hydrogen (secondary N) is 1. The van der Waals surface area contributed by atoms with Gasteiger partial charge in [-0.2, -0.15) is 0 Å². The summed E-state index contributed by atoms with van der Waals surface area (Å²) in [6.45, 7) is 0.0891. The summed E-state index contributed by atoms with van der Waals surface area (Å²) in [5.74, 6) is 0.712. The van der Waals surface area contributed by atoms with Crippen molar-refractivity contribution >= 4 is 17.3 Å². The number of nitrogens with two attached hydrogens (primary N) is 1. The minimum atomic E-state index is -0.331.